The Kier molecular flexibility index (Phi) is 4.52. The predicted molar refractivity (Wildman–Crippen MR) is 90.8 cm³/mol. The summed E-state index contributed by atoms with van der Waals surface area (Å²) in [4.78, 5) is 28.4. The van der Waals surface area contributed by atoms with E-state index in [0.29, 0.717) is 5.52 Å². The molecule has 0 unspecified atom stereocenters. The van der Waals surface area contributed by atoms with Crippen molar-refractivity contribution in [3.8, 4) is 0 Å². The standard InChI is InChI=1S/C17H11BrFN3O2/c18-13-9-11(19)6-7-12(13)16(23)21-22-17(24)15-8-5-10-3-1-2-4-14(10)20-15/h1-9H,(H,21,23)(H,22,24). The van der Waals surface area contributed by atoms with Gasteiger partial charge in [-0.2, -0.15) is 0 Å². The lowest BCUT2D eigenvalue weighted by Gasteiger charge is -2.08. The number of benzene rings is 2. The molecular weight excluding hydrogens is 377 g/mol. The molecule has 0 atom stereocenters. The number of hydrazine groups is 1. The highest BCUT2D eigenvalue weighted by Crippen LogP contribution is 2.17. The molecule has 0 saturated carbocycles. The maximum absolute atomic E-state index is 13.0. The number of carbonyl (C=O) groups is 2. The molecule has 0 fully saturated rings. The third kappa shape index (κ3) is 3.41. The average molecular weight is 388 g/mol. The number of rotatable bonds is 2. The van der Waals surface area contributed by atoms with Crippen LogP contribution in [0.1, 0.15) is 20.8 Å². The number of hydrogen-bond acceptors (Lipinski definition) is 3. The summed E-state index contributed by atoms with van der Waals surface area (Å²) in [5, 5.41) is 0.910. The fourth-order valence-electron chi connectivity index (χ4n) is 2.11. The summed E-state index contributed by atoms with van der Waals surface area (Å²) in [6.45, 7) is 0. The topological polar surface area (TPSA) is 71.1 Å². The number of para-hydroxylation sites is 1. The minimum Gasteiger partial charge on any atom is -0.267 e. The zero-order valence-electron chi connectivity index (χ0n) is 12.2. The number of pyridine rings is 1. The first-order valence-electron chi connectivity index (χ1n) is 6.96. The third-order valence-electron chi connectivity index (χ3n) is 3.30. The quantitative estimate of drug-likeness (QED) is 0.663. The first-order valence-corrected chi connectivity index (χ1v) is 7.75. The molecule has 1 aromatic heterocycles. The van der Waals surface area contributed by atoms with Crippen molar-refractivity contribution in [1.29, 1.82) is 0 Å². The minimum absolute atomic E-state index is 0.173. The summed E-state index contributed by atoms with van der Waals surface area (Å²) in [6, 6.07) is 14.4. The zero-order valence-corrected chi connectivity index (χ0v) is 13.8. The Morgan fingerprint density at radius 2 is 1.71 bits per heavy atom. The molecule has 0 aliphatic carbocycles. The van der Waals surface area contributed by atoms with Crippen LogP contribution in [0.15, 0.2) is 59.1 Å². The van der Waals surface area contributed by atoms with Gasteiger partial charge in [0.15, 0.2) is 0 Å². The lowest BCUT2D eigenvalue weighted by molar-refractivity contribution is 0.0843. The molecule has 5 nitrogen and oxygen atoms in total. The van der Waals surface area contributed by atoms with Gasteiger partial charge in [0.05, 0.1) is 11.1 Å². The van der Waals surface area contributed by atoms with Crippen LogP contribution in [0.5, 0.6) is 0 Å². The normalized spacial score (nSPS) is 10.4. The molecule has 120 valence electrons. The summed E-state index contributed by atoms with van der Waals surface area (Å²) in [6.07, 6.45) is 0. The Hall–Kier alpha value is -2.80. The second kappa shape index (κ2) is 6.76. The first-order chi connectivity index (χ1) is 11.5. The Morgan fingerprint density at radius 3 is 2.50 bits per heavy atom. The van der Waals surface area contributed by atoms with E-state index in [2.05, 4.69) is 31.8 Å². The first kappa shape index (κ1) is 16.1. The number of hydrogen-bond donors (Lipinski definition) is 2. The SMILES string of the molecule is O=C(NNC(=O)c1ccc(F)cc1Br)c1ccc2ccccc2n1. The minimum atomic E-state index is -0.573. The Balaban J connectivity index is 1.71. The maximum Gasteiger partial charge on any atom is 0.288 e. The third-order valence-corrected chi connectivity index (χ3v) is 3.95. The number of halogens is 2. The lowest BCUT2D eigenvalue weighted by Crippen LogP contribution is -2.42. The fourth-order valence-corrected chi connectivity index (χ4v) is 2.64. The van der Waals surface area contributed by atoms with Crippen molar-refractivity contribution >= 4 is 38.6 Å². The van der Waals surface area contributed by atoms with Gasteiger partial charge in [-0.05, 0) is 46.3 Å². The molecule has 0 bridgehead atoms. The Morgan fingerprint density at radius 1 is 0.958 bits per heavy atom. The van der Waals surface area contributed by atoms with Gasteiger partial charge < -0.3 is 0 Å². The average Bonchev–Trinajstić information content (AvgIpc) is 2.59. The van der Waals surface area contributed by atoms with Crippen LogP contribution >= 0.6 is 15.9 Å². The van der Waals surface area contributed by atoms with Gasteiger partial charge in [-0.1, -0.05) is 24.3 Å². The van der Waals surface area contributed by atoms with Gasteiger partial charge in [0.1, 0.15) is 11.5 Å². The maximum atomic E-state index is 13.0. The molecule has 0 aliphatic heterocycles. The highest BCUT2D eigenvalue weighted by Gasteiger charge is 2.13. The van der Waals surface area contributed by atoms with Crippen LogP contribution in [0.4, 0.5) is 4.39 Å². The van der Waals surface area contributed by atoms with Crippen LogP contribution in [0.25, 0.3) is 10.9 Å². The predicted octanol–water partition coefficient (Wildman–Crippen LogP) is 3.21. The van der Waals surface area contributed by atoms with Crippen LogP contribution in [-0.2, 0) is 0 Å². The smallest absolute Gasteiger partial charge is 0.267 e. The molecule has 2 N–H and O–H groups in total. The summed E-state index contributed by atoms with van der Waals surface area (Å²) < 4.78 is 13.3. The molecule has 3 aromatic rings. The van der Waals surface area contributed by atoms with Crippen molar-refractivity contribution in [3.05, 3.63) is 76.1 Å². The van der Waals surface area contributed by atoms with Crippen LogP contribution in [0, 0.1) is 5.82 Å². The van der Waals surface area contributed by atoms with Gasteiger partial charge in [0, 0.05) is 9.86 Å². The summed E-state index contributed by atoms with van der Waals surface area (Å²) >= 11 is 3.10. The van der Waals surface area contributed by atoms with E-state index >= 15 is 0 Å². The Labute approximate surface area is 145 Å². The summed E-state index contributed by atoms with van der Waals surface area (Å²) in [5.41, 5.74) is 5.61. The van der Waals surface area contributed by atoms with Gasteiger partial charge in [-0.25, -0.2) is 9.37 Å². The second-order valence-electron chi connectivity index (χ2n) is 4.92. The highest BCUT2D eigenvalue weighted by molar-refractivity contribution is 9.10. The number of nitrogens with zero attached hydrogens (tertiary/aromatic N) is 1. The van der Waals surface area contributed by atoms with Crippen LogP contribution in [-0.4, -0.2) is 16.8 Å². The van der Waals surface area contributed by atoms with Gasteiger partial charge in [-0.15, -0.1) is 0 Å². The summed E-state index contributed by atoms with van der Waals surface area (Å²) in [5.74, 6) is -1.59. The molecule has 3 rings (SSSR count). The van der Waals surface area contributed by atoms with E-state index < -0.39 is 17.6 Å². The monoisotopic (exact) mass is 387 g/mol. The molecule has 0 spiro atoms. The molecule has 2 aromatic carbocycles. The second-order valence-corrected chi connectivity index (χ2v) is 5.78. The number of amides is 2. The molecule has 2 amide bonds. The van der Waals surface area contributed by atoms with Gasteiger partial charge in [0.2, 0.25) is 0 Å². The highest BCUT2D eigenvalue weighted by atomic mass is 79.9. The van der Waals surface area contributed by atoms with Crippen molar-refractivity contribution in [1.82, 2.24) is 15.8 Å². The largest absolute Gasteiger partial charge is 0.288 e. The zero-order chi connectivity index (χ0) is 17.1. The number of nitrogens with one attached hydrogen (secondary N) is 2. The van der Waals surface area contributed by atoms with E-state index in [1.807, 2.05) is 18.2 Å². The molecule has 7 heteroatoms. The number of carbonyl (C=O) groups excluding carboxylic acids is 2. The lowest BCUT2D eigenvalue weighted by atomic mass is 10.2. The van der Waals surface area contributed by atoms with Crippen molar-refractivity contribution in [3.63, 3.8) is 0 Å². The van der Waals surface area contributed by atoms with Crippen LogP contribution in [0.3, 0.4) is 0 Å². The van der Waals surface area contributed by atoms with E-state index in [1.54, 1.807) is 18.2 Å². The van der Waals surface area contributed by atoms with Gasteiger partial charge in [-0.3, -0.25) is 20.4 Å². The van der Waals surface area contributed by atoms with E-state index in [9.17, 15) is 14.0 Å². The van der Waals surface area contributed by atoms with E-state index in [1.165, 1.54) is 12.1 Å². The number of aromatic nitrogens is 1. The van der Waals surface area contributed by atoms with Crippen molar-refractivity contribution in [2.45, 2.75) is 0 Å². The molecule has 0 saturated heterocycles. The molecule has 0 radical (unpaired) electrons. The molecular formula is C17H11BrFN3O2. The van der Waals surface area contributed by atoms with Crippen molar-refractivity contribution < 1.29 is 14.0 Å². The molecule has 24 heavy (non-hydrogen) atoms. The van der Waals surface area contributed by atoms with Crippen molar-refractivity contribution in [2.24, 2.45) is 0 Å². The summed E-state index contributed by atoms with van der Waals surface area (Å²) in [7, 11) is 0. The van der Waals surface area contributed by atoms with Gasteiger partial charge >= 0.3 is 0 Å². The number of fused-ring (bicyclic) bond motifs is 1. The molecule has 1 heterocycles. The fraction of sp³-hybridized carbons (Fsp3) is 0. The van der Waals surface area contributed by atoms with Crippen LogP contribution < -0.4 is 10.9 Å². The van der Waals surface area contributed by atoms with Crippen LogP contribution in [0.2, 0.25) is 0 Å². The van der Waals surface area contributed by atoms with E-state index in [4.69, 9.17) is 0 Å². The van der Waals surface area contributed by atoms with E-state index in [-0.39, 0.29) is 15.7 Å². The van der Waals surface area contributed by atoms with Crippen molar-refractivity contribution in [2.75, 3.05) is 0 Å². The van der Waals surface area contributed by atoms with E-state index in [0.717, 1.165) is 11.5 Å². The molecule has 0 aliphatic rings. The Bertz CT molecular complexity index is 946. The van der Waals surface area contributed by atoms with Gasteiger partial charge in [0.25, 0.3) is 11.8 Å².